The molecule has 0 aromatic carbocycles. The first kappa shape index (κ1) is 13.8. The van der Waals surface area contributed by atoms with Crippen molar-refractivity contribution in [3.05, 3.63) is 0 Å². The summed E-state index contributed by atoms with van der Waals surface area (Å²) in [4.78, 5) is 11.8. The Bertz CT molecular complexity index is 273. The molecule has 1 fully saturated rings. The number of hydrogen-bond acceptors (Lipinski definition) is 3. The van der Waals surface area contributed by atoms with Crippen molar-refractivity contribution in [1.29, 1.82) is 0 Å². The van der Waals surface area contributed by atoms with Crippen molar-refractivity contribution in [3.63, 3.8) is 0 Å². The Labute approximate surface area is 102 Å². The number of carbonyl (C=O) groups excluding carboxylic acids is 1. The van der Waals surface area contributed by atoms with Gasteiger partial charge in [-0.25, -0.2) is 0 Å². The van der Waals surface area contributed by atoms with Gasteiger partial charge >= 0.3 is 0 Å². The molecule has 17 heavy (non-hydrogen) atoms. The Morgan fingerprint density at radius 2 is 2.18 bits per heavy atom. The van der Waals surface area contributed by atoms with Crippen LogP contribution in [0.25, 0.3) is 0 Å². The lowest BCUT2D eigenvalue weighted by Crippen LogP contribution is -2.38. The number of rotatable bonds is 6. The third kappa shape index (κ3) is 5.06. The van der Waals surface area contributed by atoms with E-state index in [-0.39, 0.29) is 17.8 Å². The molecule has 1 saturated carbocycles. The lowest BCUT2D eigenvalue weighted by atomic mass is 10.0. The van der Waals surface area contributed by atoms with Gasteiger partial charge in [-0.05, 0) is 25.2 Å². The molecule has 0 radical (unpaired) electrons. The van der Waals surface area contributed by atoms with Gasteiger partial charge in [0.25, 0.3) is 0 Å². The van der Waals surface area contributed by atoms with Crippen LogP contribution in [0.15, 0.2) is 5.16 Å². The van der Waals surface area contributed by atoms with Crippen molar-refractivity contribution in [2.75, 3.05) is 0 Å². The minimum atomic E-state index is -0.0280. The number of amidine groups is 1. The molecular formula is C12H23N3O2. The first-order chi connectivity index (χ1) is 8.15. The van der Waals surface area contributed by atoms with Crippen molar-refractivity contribution in [3.8, 4) is 0 Å². The monoisotopic (exact) mass is 241 g/mol. The molecule has 1 rings (SSSR count). The number of amides is 1. The number of oxime groups is 1. The second kappa shape index (κ2) is 7.14. The van der Waals surface area contributed by atoms with Gasteiger partial charge in [0.05, 0.1) is 0 Å². The smallest absolute Gasteiger partial charge is 0.220 e. The zero-order valence-corrected chi connectivity index (χ0v) is 10.5. The van der Waals surface area contributed by atoms with E-state index in [2.05, 4.69) is 10.5 Å². The number of carbonyl (C=O) groups is 1. The minimum Gasteiger partial charge on any atom is -0.409 e. The summed E-state index contributed by atoms with van der Waals surface area (Å²) in [6.45, 7) is 1.98. The van der Waals surface area contributed by atoms with E-state index in [1.54, 1.807) is 0 Å². The highest BCUT2D eigenvalue weighted by atomic mass is 16.4. The molecule has 0 heterocycles. The van der Waals surface area contributed by atoms with Crippen LogP contribution < -0.4 is 11.1 Å². The van der Waals surface area contributed by atoms with Crippen LogP contribution in [0.4, 0.5) is 0 Å². The predicted octanol–water partition coefficient (Wildman–Crippen LogP) is 1.60. The fourth-order valence-corrected chi connectivity index (χ4v) is 2.35. The Morgan fingerprint density at radius 3 is 2.71 bits per heavy atom. The van der Waals surface area contributed by atoms with E-state index in [9.17, 15) is 4.79 Å². The zero-order chi connectivity index (χ0) is 12.7. The maximum atomic E-state index is 11.8. The fourth-order valence-electron chi connectivity index (χ4n) is 2.35. The minimum absolute atomic E-state index is 0.0280. The Kier molecular flexibility index (Phi) is 5.80. The van der Waals surface area contributed by atoms with Gasteiger partial charge in [-0.15, -0.1) is 0 Å². The van der Waals surface area contributed by atoms with Crippen LogP contribution in [0.5, 0.6) is 0 Å². The van der Waals surface area contributed by atoms with Crippen LogP contribution >= 0.6 is 0 Å². The molecule has 0 aromatic rings. The maximum absolute atomic E-state index is 11.8. The topological polar surface area (TPSA) is 87.7 Å². The van der Waals surface area contributed by atoms with E-state index in [4.69, 9.17) is 10.9 Å². The lowest BCUT2D eigenvalue weighted by molar-refractivity contribution is -0.122. The summed E-state index contributed by atoms with van der Waals surface area (Å²) < 4.78 is 0. The quantitative estimate of drug-likeness (QED) is 0.285. The van der Waals surface area contributed by atoms with Gasteiger partial charge < -0.3 is 16.3 Å². The molecule has 0 aliphatic heterocycles. The van der Waals surface area contributed by atoms with E-state index in [0.717, 1.165) is 6.42 Å². The van der Waals surface area contributed by atoms with Crippen molar-refractivity contribution in [2.45, 2.75) is 57.9 Å². The summed E-state index contributed by atoms with van der Waals surface area (Å²) in [7, 11) is 0. The molecule has 0 aromatic heterocycles. The first-order valence-corrected chi connectivity index (χ1v) is 6.41. The van der Waals surface area contributed by atoms with Crippen molar-refractivity contribution in [2.24, 2.45) is 16.8 Å². The molecule has 0 bridgehead atoms. The predicted molar refractivity (Wildman–Crippen MR) is 66.8 cm³/mol. The van der Waals surface area contributed by atoms with Crippen molar-refractivity contribution in [1.82, 2.24) is 5.32 Å². The normalized spacial score (nSPS) is 19.2. The van der Waals surface area contributed by atoms with E-state index in [0.29, 0.717) is 18.8 Å². The summed E-state index contributed by atoms with van der Waals surface area (Å²) in [5.41, 5.74) is 5.44. The standard InChI is InChI=1S/C12H23N3O2/c1-2-10(8-11(13)15-17)14-12(16)7-9-5-3-4-6-9/h9-10,17H,2-8H2,1H3,(H2,13,15)(H,14,16). The first-order valence-electron chi connectivity index (χ1n) is 6.41. The average molecular weight is 241 g/mol. The van der Waals surface area contributed by atoms with Crippen LogP contribution in [-0.2, 0) is 4.79 Å². The van der Waals surface area contributed by atoms with Gasteiger partial charge in [-0.1, -0.05) is 24.9 Å². The molecule has 5 heteroatoms. The second-order valence-electron chi connectivity index (χ2n) is 4.82. The molecule has 1 atom stereocenters. The van der Waals surface area contributed by atoms with Gasteiger partial charge in [-0.2, -0.15) is 0 Å². The number of nitrogens with two attached hydrogens (primary N) is 1. The Balaban J connectivity index is 2.31. The summed E-state index contributed by atoms with van der Waals surface area (Å²) in [6, 6.07) is -0.0280. The molecule has 0 spiro atoms. The largest absolute Gasteiger partial charge is 0.409 e. The van der Waals surface area contributed by atoms with E-state index in [1.807, 2.05) is 6.92 Å². The zero-order valence-electron chi connectivity index (χ0n) is 10.5. The van der Waals surface area contributed by atoms with Gasteiger partial charge in [0.2, 0.25) is 5.91 Å². The number of nitrogens with zero attached hydrogens (tertiary/aromatic N) is 1. The Hall–Kier alpha value is -1.26. The van der Waals surface area contributed by atoms with E-state index >= 15 is 0 Å². The summed E-state index contributed by atoms with van der Waals surface area (Å²) in [6.07, 6.45) is 6.65. The van der Waals surface area contributed by atoms with E-state index in [1.165, 1.54) is 25.7 Å². The highest BCUT2D eigenvalue weighted by Gasteiger charge is 2.20. The molecule has 0 saturated heterocycles. The summed E-state index contributed by atoms with van der Waals surface area (Å²) >= 11 is 0. The van der Waals surface area contributed by atoms with Crippen molar-refractivity contribution < 1.29 is 10.0 Å². The Morgan fingerprint density at radius 1 is 1.53 bits per heavy atom. The van der Waals surface area contributed by atoms with Crippen LogP contribution in [0.2, 0.25) is 0 Å². The number of hydrogen-bond donors (Lipinski definition) is 3. The average Bonchev–Trinajstić information content (AvgIpc) is 2.80. The molecular weight excluding hydrogens is 218 g/mol. The third-order valence-electron chi connectivity index (χ3n) is 3.39. The lowest BCUT2D eigenvalue weighted by Gasteiger charge is -2.17. The van der Waals surface area contributed by atoms with Crippen LogP contribution in [0.1, 0.15) is 51.9 Å². The molecule has 1 aliphatic carbocycles. The molecule has 4 N–H and O–H groups in total. The van der Waals surface area contributed by atoms with Gasteiger partial charge in [-0.3, -0.25) is 4.79 Å². The second-order valence-corrected chi connectivity index (χ2v) is 4.82. The fraction of sp³-hybridized carbons (Fsp3) is 0.833. The van der Waals surface area contributed by atoms with Gasteiger partial charge in [0, 0.05) is 18.9 Å². The van der Waals surface area contributed by atoms with Crippen LogP contribution in [-0.4, -0.2) is 23.0 Å². The number of nitrogens with one attached hydrogen (secondary N) is 1. The van der Waals surface area contributed by atoms with Gasteiger partial charge in [0.1, 0.15) is 5.84 Å². The molecule has 98 valence electrons. The highest BCUT2D eigenvalue weighted by molar-refractivity contribution is 5.82. The van der Waals surface area contributed by atoms with E-state index < -0.39 is 0 Å². The molecule has 1 amide bonds. The maximum Gasteiger partial charge on any atom is 0.220 e. The van der Waals surface area contributed by atoms with Gasteiger partial charge in [0.15, 0.2) is 0 Å². The molecule has 1 aliphatic rings. The SMILES string of the molecule is CCC(CC(N)=NO)NC(=O)CC1CCCC1. The molecule has 1 unspecified atom stereocenters. The highest BCUT2D eigenvalue weighted by Crippen LogP contribution is 2.27. The van der Waals surface area contributed by atoms with Crippen LogP contribution in [0.3, 0.4) is 0 Å². The molecule has 5 nitrogen and oxygen atoms in total. The third-order valence-corrected chi connectivity index (χ3v) is 3.39. The summed E-state index contributed by atoms with van der Waals surface area (Å²) in [5, 5.41) is 14.4. The van der Waals surface area contributed by atoms with Crippen LogP contribution in [0, 0.1) is 5.92 Å². The summed E-state index contributed by atoms with van der Waals surface area (Å²) in [5.74, 6) is 0.809. The van der Waals surface area contributed by atoms with Crippen molar-refractivity contribution >= 4 is 11.7 Å².